The molecular formula is C18H52I2N2Si2Te2. The zero-order valence-corrected chi connectivity index (χ0v) is 27.4. The van der Waals surface area contributed by atoms with Crippen molar-refractivity contribution in [1.82, 2.24) is 5.63 Å². The van der Waals surface area contributed by atoms with Crippen molar-refractivity contribution < 1.29 is 0 Å². The van der Waals surface area contributed by atoms with Gasteiger partial charge >= 0.3 is 185 Å². The molecule has 0 heterocycles. The molecule has 0 aliphatic rings. The Balaban J connectivity index is -0.000000133. The van der Waals surface area contributed by atoms with E-state index in [0.717, 1.165) is 0 Å². The van der Waals surface area contributed by atoms with Crippen LogP contribution < -0.4 is 0 Å². The summed E-state index contributed by atoms with van der Waals surface area (Å²) < 4.78 is 5.79. The molecule has 0 unspecified atom stereocenters. The molecule has 0 amide bonds. The quantitative estimate of drug-likeness (QED) is 0.208. The Morgan fingerprint density at radius 3 is 0.923 bits per heavy atom. The molecule has 0 aliphatic carbocycles. The molecule has 2 nitrogen and oxygen atoms in total. The van der Waals surface area contributed by atoms with Crippen molar-refractivity contribution in [2.24, 2.45) is 0 Å². The molecule has 0 radical (unpaired) electrons. The Morgan fingerprint density at radius 1 is 0.692 bits per heavy atom. The van der Waals surface area contributed by atoms with Gasteiger partial charge in [0.2, 0.25) is 0 Å². The van der Waals surface area contributed by atoms with Crippen molar-refractivity contribution in [3.63, 3.8) is 0 Å². The summed E-state index contributed by atoms with van der Waals surface area (Å²) in [5.41, 5.74) is 0.603. The topological polar surface area (TPSA) is 6.48 Å². The second kappa shape index (κ2) is 17.0. The molecule has 0 aliphatic heterocycles. The summed E-state index contributed by atoms with van der Waals surface area (Å²) in [7, 11) is -2.54. The molecule has 0 bridgehead atoms. The van der Waals surface area contributed by atoms with E-state index in [-0.39, 0.29) is 51.2 Å². The van der Waals surface area contributed by atoms with Gasteiger partial charge in [0.25, 0.3) is 0 Å². The van der Waals surface area contributed by atoms with Gasteiger partial charge in [-0.15, -0.1) is 0 Å². The van der Waals surface area contributed by atoms with Gasteiger partial charge in [-0.05, 0) is 0 Å². The Labute approximate surface area is 211 Å². The molecule has 168 valence electrons. The van der Waals surface area contributed by atoms with Crippen LogP contribution in [0.2, 0.25) is 39.3 Å². The minimum atomic E-state index is -1.27. The van der Waals surface area contributed by atoms with E-state index in [2.05, 4.69) is 123 Å². The third-order valence-corrected chi connectivity index (χ3v) is 20.9. The molecule has 26 heavy (non-hydrogen) atoms. The molecule has 0 rings (SSSR count). The Hall–Kier alpha value is 3.39. The summed E-state index contributed by atoms with van der Waals surface area (Å²) in [5, 5.41) is 0. The predicted molar refractivity (Wildman–Crippen MR) is 156 cm³/mol. The zero-order valence-electron chi connectivity index (χ0n) is 16.5. The van der Waals surface area contributed by atoms with Crippen molar-refractivity contribution >= 4 is 87.0 Å². The third kappa shape index (κ3) is 19.4. The molecule has 0 atom stereocenters. The van der Waals surface area contributed by atoms with Gasteiger partial charge in [-0.25, -0.2) is 0 Å². The van der Waals surface area contributed by atoms with Gasteiger partial charge < -0.3 is 0 Å². The fraction of sp³-hybridized carbons (Fsp3) is 1.00. The van der Waals surface area contributed by atoms with Gasteiger partial charge in [0, 0.05) is 0 Å². The maximum absolute atomic E-state index is 2.90. The van der Waals surface area contributed by atoms with E-state index in [4.69, 9.17) is 0 Å². The minimum absolute atomic E-state index is 0. The first-order chi connectivity index (χ1) is 9.39. The maximum atomic E-state index is 2.90. The van der Waals surface area contributed by atoms with Crippen LogP contribution in [0.15, 0.2) is 0 Å². The second-order valence-corrected chi connectivity index (χ2v) is 41.1. The van der Waals surface area contributed by atoms with Crippen molar-refractivity contribution in [3.8, 4) is 0 Å². The van der Waals surface area contributed by atoms with Crippen LogP contribution in [-0.4, -0.2) is 72.4 Å². The average molecular weight is 862 g/mol. The summed E-state index contributed by atoms with van der Waals surface area (Å²) in [5.74, 6) is 0. The SMILES string of the molecule is C.C.C.C.CC(C)(C)N([Te]N(C(C)(C)C)[Si](C)(C)C)[Si](C)(C)C.[Te]=II. The molecule has 0 N–H and O–H groups in total. The second-order valence-electron chi connectivity index (χ2n) is 9.41. The number of hydrogen-bond donors (Lipinski definition) is 0. The number of rotatable bonds is 4. The number of nitrogens with zero attached hydrogens (tertiary/aromatic N) is 2. The average Bonchev–Trinajstić information content (AvgIpc) is 2.09. The van der Waals surface area contributed by atoms with E-state index >= 15 is 0 Å². The third-order valence-electron chi connectivity index (χ3n) is 2.60. The van der Waals surface area contributed by atoms with E-state index < -0.39 is 16.5 Å². The Bertz CT molecular complexity index is 287. The van der Waals surface area contributed by atoms with Crippen molar-refractivity contribution in [2.45, 2.75) is 122 Å². The molecule has 8 heteroatoms. The van der Waals surface area contributed by atoms with Crippen LogP contribution in [0.1, 0.15) is 71.2 Å². The van der Waals surface area contributed by atoms with Crippen LogP contribution in [0.25, 0.3) is 0 Å². The van der Waals surface area contributed by atoms with Crippen LogP contribution in [0.3, 0.4) is 0 Å². The van der Waals surface area contributed by atoms with Crippen LogP contribution in [0.5, 0.6) is 0 Å². The summed E-state index contributed by atoms with van der Waals surface area (Å²) in [6, 6.07) is 0. The standard InChI is InChI=1S/C14H36N2Si2Te.4CH4.I2Te/c1-13(2,3)15(17(7,8)9)19-16(14(4,5)6)18(10,11)12;;;;;1-2-3/h1-12H3;4*1H4;. The van der Waals surface area contributed by atoms with Crippen molar-refractivity contribution in [2.75, 3.05) is 0 Å². The molecule has 0 aromatic rings. The molecule has 0 aromatic carbocycles. The van der Waals surface area contributed by atoms with Gasteiger partial charge in [-0.1, -0.05) is 29.7 Å². The molecule has 0 spiro atoms. The van der Waals surface area contributed by atoms with E-state index in [9.17, 15) is 0 Å². The summed E-state index contributed by atoms with van der Waals surface area (Å²) in [6.07, 6.45) is 0. The monoisotopic (exact) mass is 866 g/mol. The van der Waals surface area contributed by atoms with Gasteiger partial charge in [0.05, 0.1) is 0 Å². The molecule has 0 saturated carbocycles. The van der Waals surface area contributed by atoms with Crippen LogP contribution >= 0.6 is 31.3 Å². The first-order valence-corrected chi connectivity index (χ1v) is 29.6. The predicted octanol–water partition coefficient (Wildman–Crippen LogP) is 8.33. The molecule has 0 saturated heterocycles. The first kappa shape index (κ1) is 43.3. The summed E-state index contributed by atoms with van der Waals surface area (Å²) in [6.45, 7) is 29.3. The fourth-order valence-corrected chi connectivity index (χ4v) is 14.8. The van der Waals surface area contributed by atoms with Crippen LogP contribution in [0, 0.1) is 0 Å². The summed E-state index contributed by atoms with van der Waals surface area (Å²) >= 11 is 4.85. The van der Waals surface area contributed by atoms with E-state index in [0.29, 0.717) is 23.8 Å². The first-order valence-electron chi connectivity index (χ1n) is 7.56. The van der Waals surface area contributed by atoms with Gasteiger partial charge in [-0.2, -0.15) is 0 Å². The summed E-state index contributed by atoms with van der Waals surface area (Å²) in [4.78, 5) is 0. The van der Waals surface area contributed by atoms with Crippen molar-refractivity contribution in [3.05, 3.63) is 0 Å². The number of halogens is 2. The van der Waals surface area contributed by atoms with E-state index in [1.165, 1.54) is 0 Å². The van der Waals surface area contributed by atoms with Gasteiger partial charge in [0.15, 0.2) is 0 Å². The Morgan fingerprint density at radius 2 is 0.846 bits per heavy atom. The van der Waals surface area contributed by atoms with Crippen LogP contribution in [0.4, 0.5) is 0 Å². The fourth-order valence-electron chi connectivity index (χ4n) is 2.58. The zero-order chi connectivity index (χ0) is 18.6. The Kier molecular flexibility index (Phi) is 28.3. The van der Waals surface area contributed by atoms with Crippen LogP contribution in [-0.2, 0) is 0 Å². The normalized spacial score (nSPS) is 12.0. The molecule has 0 fully saturated rings. The molecule has 0 aromatic heterocycles. The van der Waals surface area contributed by atoms with Gasteiger partial charge in [0.1, 0.15) is 0 Å². The van der Waals surface area contributed by atoms with Crippen molar-refractivity contribution in [1.29, 1.82) is 0 Å². The molecular weight excluding hydrogens is 809 g/mol. The van der Waals surface area contributed by atoms with E-state index in [1.807, 2.05) is 0 Å². The number of hydrogen-bond acceptors (Lipinski definition) is 2. The van der Waals surface area contributed by atoms with Gasteiger partial charge in [-0.3, -0.25) is 0 Å². The van der Waals surface area contributed by atoms with E-state index in [1.54, 1.807) is 0 Å².